The maximum absolute atomic E-state index is 4.95. The average Bonchev–Trinajstić information content (AvgIpc) is 4.07. The lowest BCUT2D eigenvalue weighted by molar-refractivity contribution is 0.261. The van der Waals surface area contributed by atoms with Crippen molar-refractivity contribution in [3.05, 3.63) is 80.9 Å². The van der Waals surface area contributed by atoms with Crippen molar-refractivity contribution in [2.45, 2.75) is 334 Å². The molecule has 76 heavy (non-hydrogen) atoms. The average molecular weight is 1330 g/mol. The Morgan fingerprint density at radius 3 is 0.605 bits per heavy atom. The largest absolute Gasteiger partial charge is 0.260 e. The smallest absolute Gasteiger partial charge is 0.0987 e. The summed E-state index contributed by atoms with van der Waals surface area (Å²) in [6.45, 7) is 40.2. The Balaban J connectivity index is 1.59. The van der Waals surface area contributed by atoms with Gasteiger partial charge in [-0.15, -0.1) is 0 Å². The Bertz CT molecular complexity index is 2140. The Morgan fingerprint density at radius 2 is 0.461 bits per heavy atom. The highest BCUT2D eigenvalue weighted by Crippen LogP contribution is 2.66. The standard InChI is InChI=1S/C70H110Br4Si2/c1-17-37-67(38-18-2)47-63(25-9,26-10)57-53(67)45-54-58(64(27-11,28-12)48-68(54,39-19-3)40-20-4)61(57)75(71,72)51-33-35-52(36-34-51)76(73,74)62-59-55(69(41-21-5,42-22-6)49-65(59,29-13)30-14)46-56-60(62)66(31-15,32-16)50-70(56,43-23-7)44-24-8/h33-36,45-46H,17-32,37-44,47-50H2,1-16H3. The van der Waals surface area contributed by atoms with Gasteiger partial charge in [0.05, 0.1) is 0 Å². The van der Waals surface area contributed by atoms with E-state index in [9.17, 15) is 0 Å². The molecule has 0 saturated carbocycles. The van der Waals surface area contributed by atoms with E-state index >= 15 is 0 Å². The molecule has 0 nitrogen and oxygen atoms in total. The lowest BCUT2D eigenvalue weighted by Gasteiger charge is -2.39. The molecule has 3 aromatic rings. The summed E-state index contributed by atoms with van der Waals surface area (Å²) in [7, 11) is 0. The van der Waals surface area contributed by atoms with Gasteiger partial charge >= 0.3 is 0 Å². The second-order valence-electron chi connectivity index (χ2n) is 26.7. The zero-order chi connectivity index (χ0) is 56.0. The first kappa shape index (κ1) is 63.6. The molecule has 0 unspecified atom stereocenters. The predicted molar refractivity (Wildman–Crippen MR) is 359 cm³/mol. The summed E-state index contributed by atoms with van der Waals surface area (Å²) in [6, 6.07) is 16.5. The van der Waals surface area contributed by atoms with E-state index in [1.54, 1.807) is 54.9 Å². The highest BCUT2D eigenvalue weighted by Gasteiger charge is 2.62. The molecule has 0 saturated heterocycles. The van der Waals surface area contributed by atoms with Gasteiger partial charge in [0, 0.05) is 0 Å². The number of halogens is 4. The van der Waals surface area contributed by atoms with E-state index in [-0.39, 0.29) is 43.3 Å². The highest BCUT2D eigenvalue weighted by molar-refractivity contribution is 9.52. The van der Waals surface area contributed by atoms with Crippen LogP contribution in [0, 0.1) is 0 Å². The summed E-state index contributed by atoms with van der Waals surface area (Å²) in [5, 5.41) is 0.953. The molecule has 0 spiro atoms. The second-order valence-corrected chi connectivity index (χ2v) is 51.8. The Hall–Kier alpha value is 0.0138. The van der Waals surface area contributed by atoms with Crippen LogP contribution in [0.3, 0.4) is 0 Å². The molecule has 0 N–H and O–H groups in total. The third-order valence-corrected chi connectivity index (χ3v) is 37.9. The topological polar surface area (TPSA) is 0 Å². The second kappa shape index (κ2) is 24.3. The van der Waals surface area contributed by atoms with Crippen molar-refractivity contribution in [3.8, 4) is 0 Å². The number of rotatable bonds is 28. The van der Waals surface area contributed by atoms with Gasteiger partial charge in [-0.3, -0.25) is 0 Å². The molecule has 7 rings (SSSR count). The molecule has 0 amide bonds. The van der Waals surface area contributed by atoms with Crippen LogP contribution >= 0.6 is 61.2 Å². The first-order valence-corrected chi connectivity index (χ1v) is 45.6. The summed E-state index contributed by atoms with van der Waals surface area (Å²) >= 11 is 19.8. The van der Waals surface area contributed by atoms with Crippen LogP contribution in [-0.4, -0.2) is 10.6 Å². The van der Waals surface area contributed by atoms with E-state index in [0.29, 0.717) is 0 Å². The molecule has 0 fully saturated rings. The zero-order valence-corrected chi connectivity index (χ0v) is 60.1. The lowest BCUT2D eigenvalue weighted by Crippen LogP contribution is -2.57. The van der Waals surface area contributed by atoms with Crippen LogP contribution in [0.1, 0.15) is 335 Å². The van der Waals surface area contributed by atoms with Crippen LogP contribution in [0.5, 0.6) is 0 Å². The van der Waals surface area contributed by atoms with Gasteiger partial charge in [-0.2, -0.15) is 0 Å². The molecule has 0 atom stereocenters. The van der Waals surface area contributed by atoms with Crippen molar-refractivity contribution in [3.63, 3.8) is 0 Å². The Kier molecular flexibility index (Phi) is 20.3. The van der Waals surface area contributed by atoms with Gasteiger partial charge in [-0.05, 0) is 237 Å². The maximum atomic E-state index is 4.95. The van der Waals surface area contributed by atoms with Gasteiger partial charge in [-0.1, -0.05) is 260 Å². The molecule has 0 aromatic heterocycles. The van der Waals surface area contributed by atoms with E-state index < -0.39 is 10.6 Å². The molecule has 426 valence electrons. The normalized spacial score (nSPS) is 20.7. The quantitative estimate of drug-likeness (QED) is 0.0502. The van der Waals surface area contributed by atoms with Gasteiger partial charge in [0.15, 0.2) is 0 Å². The minimum Gasteiger partial charge on any atom is -0.0987 e. The van der Waals surface area contributed by atoms with Crippen molar-refractivity contribution >= 4 is 92.5 Å². The fourth-order valence-corrected chi connectivity index (χ4v) is 32.4. The summed E-state index contributed by atoms with van der Waals surface area (Å²) in [5.41, 5.74) is 15.8. The summed E-state index contributed by atoms with van der Waals surface area (Å²) in [5.74, 6) is 0. The van der Waals surface area contributed by atoms with Crippen LogP contribution in [0.2, 0.25) is 0 Å². The fraction of sp³-hybridized carbons (Fsp3) is 0.743. The minimum atomic E-state index is -2.76. The molecule has 0 heterocycles. The minimum absolute atomic E-state index is 0.158. The van der Waals surface area contributed by atoms with Crippen molar-refractivity contribution in [1.82, 2.24) is 0 Å². The van der Waals surface area contributed by atoms with Crippen LogP contribution in [-0.2, 0) is 43.3 Å². The number of hydrogen-bond donors (Lipinski definition) is 0. The number of fused-ring (bicyclic) bond motifs is 4. The van der Waals surface area contributed by atoms with E-state index in [0.717, 1.165) is 0 Å². The monoisotopic (exact) mass is 1320 g/mol. The molecule has 0 bridgehead atoms. The molecule has 4 aliphatic carbocycles. The fourth-order valence-electron chi connectivity index (χ4n) is 19.9. The molecule has 4 aliphatic rings. The third kappa shape index (κ3) is 9.67. The van der Waals surface area contributed by atoms with Crippen molar-refractivity contribution in [1.29, 1.82) is 0 Å². The van der Waals surface area contributed by atoms with Crippen molar-refractivity contribution < 1.29 is 0 Å². The van der Waals surface area contributed by atoms with E-state index in [4.69, 9.17) is 61.2 Å². The predicted octanol–water partition coefficient (Wildman–Crippen LogP) is 21.6. The first-order valence-electron chi connectivity index (χ1n) is 32.5. The van der Waals surface area contributed by atoms with Crippen LogP contribution in [0.15, 0.2) is 36.4 Å². The Labute approximate surface area is 503 Å². The molecular formula is C70H110Br4Si2. The molecule has 0 aliphatic heterocycles. The van der Waals surface area contributed by atoms with E-state index in [1.165, 1.54) is 190 Å². The van der Waals surface area contributed by atoms with Crippen molar-refractivity contribution in [2.75, 3.05) is 0 Å². The zero-order valence-electron chi connectivity index (χ0n) is 51.8. The van der Waals surface area contributed by atoms with Crippen LogP contribution in [0.25, 0.3) is 0 Å². The molecule has 0 radical (unpaired) electrons. The molecular weight excluding hydrogens is 1220 g/mol. The van der Waals surface area contributed by atoms with Gasteiger partial charge in [-0.25, -0.2) is 0 Å². The molecule has 3 aromatic carbocycles. The maximum Gasteiger partial charge on any atom is 0.260 e. The van der Waals surface area contributed by atoms with E-state index in [1.807, 2.05) is 0 Å². The third-order valence-electron chi connectivity index (χ3n) is 23.2. The van der Waals surface area contributed by atoms with Gasteiger partial charge < -0.3 is 0 Å². The number of hydrogen-bond acceptors (Lipinski definition) is 0. The van der Waals surface area contributed by atoms with Crippen LogP contribution < -0.4 is 20.7 Å². The first-order chi connectivity index (χ1) is 36.2. The van der Waals surface area contributed by atoms with Gasteiger partial charge in [0.2, 0.25) is 0 Å². The summed E-state index contributed by atoms with van der Waals surface area (Å²) in [6.07, 6.45) is 35.2. The van der Waals surface area contributed by atoms with Gasteiger partial charge in [0.25, 0.3) is 10.6 Å². The molecule has 6 heteroatoms. The summed E-state index contributed by atoms with van der Waals surface area (Å²) in [4.78, 5) is 0. The summed E-state index contributed by atoms with van der Waals surface area (Å²) < 4.78 is 0. The highest BCUT2D eigenvalue weighted by atomic mass is 79.9. The SMILES string of the molecule is CCCC1(CCC)CC(CC)(CC)c2c1cc1c(c2[Si](Br)(Br)c2ccc([Si](Br)(Br)c3c4c(cc5c3C(CC)(CC)CC5(CCC)CCC)C(CCC)(CCC)CC4(CC)CC)cc2)C(CC)(CC)CC1(CCC)CCC. The lowest BCUT2D eigenvalue weighted by atomic mass is 9.68. The van der Waals surface area contributed by atoms with E-state index in [2.05, 4.69) is 147 Å². The van der Waals surface area contributed by atoms with Gasteiger partial charge in [0.1, 0.15) is 0 Å². The van der Waals surface area contributed by atoms with Crippen LogP contribution in [0.4, 0.5) is 0 Å². The van der Waals surface area contributed by atoms with Crippen molar-refractivity contribution in [2.24, 2.45) is 0 Å². The number of benzene rings is 3. The Morgan fingerprint density at radius 1 is 0.289 bits per heavy atom.